The molecule has 1 aliphatic rings. The number of thiophene rings is 2. The van der Waals surface area contributed by atoms with Crippen molar-refractivity contribution in [2.75, 3.05) is 0 Å². The van der Waals surface area contributed by atoms with Crippen molar-refractivity contribution in [3.8, 4) is 5.69 Å². The summed E-state index contributed by atoms with van der Waals surface area (Å²) in [6.45, 7) is 4.85. The van der Waals surface area contributed by atoms with Crippen molar-refractivity contribution in [2.24, 2.45) is 16.8 Å². The van der Waals surface area contributed by atoms with Gasteiger partial charge in [-0.05, 0) is 114 Å². The summed E-state index contributed by atoms with van der Waals surface area (Å²) >= 11 is 3.82. The molecule has 3 nitrogen and oxygen atoms in total. The number of fused-ring (bicyclic) bond motifs is 13. The van der Waals surface area contributed by atoms with Gasteiger partial charge in [-0.1, -0.05) is 135 Å². The van der Waals surface area contributed by atoms with Gasteiger partial charge in [-0.2, -0.15) is 0 Å². The average Bonchev–Trinajstić information content (AvgIpc) is 4.13. The Morgan fingerprint density at radius 1 is 0.537 bits per heavy atom. The van der Waals surface area contributed by atoms with E-state index in [0.717, 1.165) is 46.9 Å². The van der Waals surface area contributed by atoms with E-state index in [1.54, 1.807) is 0 Å². The zero-order valence-electron chi connectivity index (χ0n) is 37.4. The van der Waals surface area contributed by atoms with Crippen molar-refractivity contribution in [1.29, 1.82) is 0 Å². The molecule has 4 aromatic heterocycles. The highest BCUT2D eigenvalue weighted by Gasteiger charge is 2.36. The lowest BCUT2D eigenvalue weighted by molar-refractivity contribution is 0.363. The van der Waals surface area contributed by atoms with Gasteiger partial charge in [0.2, 0.25) is 0 Å². The summed E-state index contributed by atoms with van der Waals surface area (Å²) in [5.41, 5.74) is 10.5. The van der Waals surface area contributed by atoms with E-state index in [0.29, 0.717) is 0 Å². The minimum atomic E-state index is -0.117. The molecule has 4 atom stereocenters. The molecule has 1 aliphatic heterocycles. The molecule has 5 heterocycles. The normalized spacial score (nSPS) is 19.1. The number of nitrogens with zero attached hydrogens (tertiary/aromatic N) is 2. The molecular formula is C62H46N2OS2. The second-order valence-electron chi connectivity index (χ2n) is 18.8. The molecule has 0 radical (unpaired) electrons. The maximum Gasteiger partial charge on any atom is 0.137 e. The molecule has 67 heavy (non-hydrogen) atoms. The van der Waals surface area contributed by atoms with Crippen molar-refractivity contribution >= 4 is 123 Å². The quantitative estimate of drug-likeness (QED) is 0.169. The molecule has 5 heteroatoms. The van der Waals surface area contributed by atoms with Crippen molar-refractivity contribution in [3.63, 3.8) is 0 Å². The van der Waals surface area contributed by atoms with Gasteiger partial charge < -0.3 is 8.98 Å². The smallest absolute Gasteiger partial charge is 0.137 e. The van der Waals surface area contributed by atoms with Gasteiger partial charge in [0.05, 0.1) is 28.1 Å². The Hall–Kier alpha value is -7.05. The van der Waals surface area contributed by atoms with Gasteiger partial charge in [0.25, 0.3) is 0 Å². The number of hydrogen-bond donors (Lipinski definition) is 0. The zero-order valence-corrected chi connectivity index (χ0v) is 39.0. The van der Waals surface area contributed by atoms with Crippen LogP contribution in [0.25, 0.3) is 101 Å². The predicted octanol–water partition coefficient (Wildman–Crippen LogP) is 18.3. The third-order valence-corrected chi connectivity index (χ3v) is 17.4. The Morgan fingerprint density at radius 3 is 1.97 bits per heavy atom. The largest absolute Gasteiger partial charge is 0.456 e. The highest BCUT2D eigenvalue weighted by atomic mass is 32.1. The van der Waals surface area contributed by atoms with E-state index in [1.165, 1.54) is 95.3 Å². The van der Waals surface area contributed by atoms with Gasteiger partial charge >= 0.3 is 0 Å². The fourth-order valence-corrected chi connectivity index (χ4v) is 14.4. The van der Waals surface area contributed by atoms with E-state index >= 15 is 0 Å². The van der Waals surface area contributed by atoms with Crippen LogP contribution in [0.1, 0.15) is 61.8 Å². The standard InChI is InChI=1S/C62H46N2OS2/c1-3-40-41(43-22-14-28-56-58(43)45-20-8-12-26-54(45)66-56)31-30-36(2)61(63-62(40)47-23-15-29-57-59(47)46-21-9-13-27-55(46)67-57)39-34-51(60-44-19-7-11-25-52(44)65-53(60)35-39)64-49-24-10-6-18-42(49)48-32-37-16-4-5-17-38(37)33-50(48)64/h4-29,32-36,40-41,61H,3,30-31H2,1-2H3/b63-62+. The molecule has 0 bridgehead atoms. The van der Waals surface area contributed by atoms with E-state index in [2.05, 4.69) is 200 Å². The first-order chi connectivity index (χ1) is 33.1. The van der Waals surface area contributed by atoms with Crippen LogP contribution in [0.3, 0.4) is 0 Å². The van der Waals surface area contributed by atoms with E-state index in [-0.39, 0.29) is 23.8 Å². The number of benzene rings is 9. The van der Waals surface area contributed by atoms with Crippen molar-refractivity contribution in [3.05, 3.63) is 199 Å². The number of para-hydroxylation sites is 2. The van der Waals surface area contributed by atoms with Crippen LogP contribution >= 0.6 is 22.7 Å². The number of aromatic nitrogens is 1. The maximum atomic E-state index is 6.94. The number of rotatable bonds is 5. The minimum Gasteiger partial charge on any atom is -0.456 e. The summed E-state index contributed by atoms with van der Waals surface area (Å²) in [5, 5.41) is 12.7. The first-order valence-electron chi connectivity index (χ1n) is 23.9. The van der Waals surface area contributed by atoms with Crippen LogP contribution < -0.4 is 0 Å². The Labute approximate surface area is 396 Å². The fourth-order valence-electron chi connectivity index (χ4n) is 12.1. The second-order valence-corrected chi connectivity index (χ2v) is 21.0. The van der Waals surface area contributed by atoms with Crippen molar-refractivity contribution in [2.45, 2.75) is 45.1 Å². The van der Waals surface area contributed by atoms with Crippen molar-refractivity contribution in [1.82, 2.24) is 4.57 Å². The lowest BCUT2D eigenvalue weighted by Crippen LogP contribution is -2.28. The Balaban J connectivity index is 1.05. The first kappa shape index (κ1) is 39.1. The van der Waals surface area contributed by atoms with Gasteiger partial charge in [-0.3, -0.25) is 4.99 Å². The average molecular weight is 899 g/mol. The molecule has 9 aromatic carbocycles. The number of hydrogen-bond acceptors (Lipinski definition) is 4. The molecule has 0 amide bonds. The van der Waals surface area contributed by atoms with Crippen LogP contribution in [-0.2, 0) is 0 Å². The fraction of sp³-hybridized carbons (Fsp3) is 0.145. The topological polar surface area (TPSA) is 30.4 Å². The van der Waals surface area contributed by atoms with E-state index in [9.17, 15) is 0 Å². The summed E-state index contributed by atoms with van der Waals surface area (Å²) in [6, 6.07) is 67.6. The Morgan fingerprint density at radius 2 is 1.18 bits per heavy atom. The van der Waals surface area contributed by atoms with Crippen molar-refractivity contribution < 1.29 is 4.42 Å². The van der Waals surface area contributed by atoms with Gasteiger partial charge in [0.15, 0.2) is 0 Å². The summed E-state index contributed by atoms with van der Waals surface area (Å²) in [7, 11) is 0. The molecule has 0 spiro atoms. The summed E-state index contributed by atoms with van der Waals surface area (Å²) < 4.78 is 14.8. The molecule has 14 rings (SSSR count). The lowest BCUT2D eigenvalue weighted by atomic mass is 9.72. The summed E-state index contributed by atoms with van der Waals surface area (Å²) in [4.78, 5) is 6.27. The third-order valence-electron chi connectivity index (χ3n) is 15.1. The van der Waals surface area contributed by atoms with Crippen LogP contribution in [-0.4, -0.2) is 10.3 Å². The highest BCUT2D eigenvalue weighted by Crippen LogP contribution is 2.49. The Kier molecular flexibility index (Phi) is 8.91. The summed E-state index contributed by atoms with van der Waals surface area (Å²) in [6.07, 6.45) is 3.09. The molecule has 0 saturated heterocycles. The van der Waals surface area contributed by atoms with E-state index in [1.807, 2.05) is 22.7 Å². The highest BCUT2D eigenvalue weighted by molar-refractivity contribution is 7.26. The molecule has 0 N–H and O–H groups in total. The molecule has 0 fully saturated rings. The van der Waals surface area contributed by atoms with Crippen LogP contribution in [0.2, 0.25) is 0 Å². The first-order valence-corrected chi connectivity index (χ1v) is 25.5. The van der Waals surface area contributed by atoms with Crippen LogP contribution in [0.5, 0.6) is 0 Å². The minimum absolute atomic E-state index is 0.117. The van der Waals surface area contributed by atoms with Gasteiger partial charge in [0, 0.05) is 73.7 Å². The molecule has 13 aromatic rings. The van der Waals surface area contributed by atoms with Gasteiger partial charge in [-0.15, -0.1) is 22.7 Å². The molecule has 4 unspecified atom stereocenters. The van der Waals surface area contributed by atoms with Gasteiger partial charge in [-0.25, -0.2) is 0 Å². The SMILES string of the molecule is CCC1/C(c2cccc3sc4ccccc4c23)=N\C(c2cc(-n3c4ccccc4c4cc5ccccc5cc43)c3c(c2)oc2ccccc23)C(C)CCC1c1cccc2sc3ccccc3c12. The summed E-state index contributed by atoms with van der Waals surface area (Å²) in [5.74, 6) is 0.710. The van der Waals surface area contributed by atoms with Crippen LogP contribution in [0, 0.1) is 11.8 Å². The molecule has 0 saturated carbocycles. The van der Waals surface area contributed by atoms with Crippen LogP contribution in [0.15, 0.2) is 191 Å². The zero-order chi connectivity index (χ0) is 44.3. The molecule has 322 valence electrons. The van der Waals surface area contributed by atoms with Crippen LogP contribution in [0.4, 0.5) is 0 Å². The molecule has 0 aliphatic carbocycles. The van der Waals surface area contributed by atoms with E-state index in [4.69, 9.17) is 9.41 Å². The lowest BCUT2D eigenvalue weighted by Gasteiger charge is -2.35. The maximum absolute atomic E-state index is 6.94. The predicted molar refractivity (Wildman–Crippen MR) is 288 cm³/mol. The van der Waals surface area contributed by atoms with Gasteiger partial charge in [0.1, 0.15) is 11.2 Å². The second kappa shape index (κ2) is 15.2. The number of aliphatic imine (C=N–C) groups is 1. The monoisotopic (exact) mass is 898 g/mol. The Bertz CT molecular complexity index is 4160. The number of furan rings is 1. The van der Waals surface area contributed by atoms with E-state index < -0.39 is 0 Å². The molecular weight excluding hydrogens is 853 g/mol. The third kappa shape index (κ3) is 5.97.